The summed E-state index contributed by atoms with van der Waals surface area (Å²) in [5, 5.41) is 14.2. The van der Waals surface area contributed by atoms with Crippen LogP contribution in [-0.2, 0) is 12.3 Å². The number of hydrogen-bond acceptors (Lipinski definition) is 4. The molecule has 0 aliphatic heterocycles. The summed E-state index contributed by atoms with van der Waals surface area (Å²) < 4.78 is 1.99. The second-order valence-corrected chi connectivity index (χ2v) is 10.2. The molecule has 1 atom stereocenters. The number of halogens is 3. The van der Waals surface area contributed by atoms with E-state index in [9.17, 15) is 4.79 Å². The van der Waals surface area contributed by atoms with Gasteiger partial charge in [0, 0.05) is 22.3 Å². The minimum absolute atomic E-state index is 0.286. The molecular formula is C24H25Cl3N4OS. The molecule has 0 aliphatic rings. The highest BCUT2D eigenvalue weighted by Gasteiger charge is 2.25. The van der Waals surface area contributed by atoms with Gasteiger partial charge >= 0.3 is 0 Å². The molecule has 9 heteroatoms. The molecule has 0 saturated heterocycles. The SMILES string of the molecule is C=CCn1c(SCc2ccc(Cl)cc2)nnc1[C@@H](CC(C)C)NC(=O)c1ccc(Cl)cc1Cl. The minimum Gasteiger partial charge on any atom is -0.342 e. The van der Waals surface area contributed by atoms with Crippen molar-refractivity contribution in [3.05, 3.63) is 87.1 Å². The van der Waals surface area contributed by atoms with Crippen molar-refractivity contribution < 1.29 is 4.79 Å². The highest BCUT2D eigenvalue weighted by atomic mass is 35.5. The molecule has 0 radical (unpaired) electrons. The number of nitrogens with one attached hydrogen (secondary N) is 1. The molecule has 1 aromatic heterocycles. The molecule has 2 aromatic carbocycles. The van der Waals surface area contributed by atoms with Crippen LogP contribution >= 0.6 is 46.6 Å². The van der Waals surface area contributed by atoms with E-state index in [0.717, 1.165) is 10.7 Å². The summed E-state index contributed by atoms with van der Waals surface area (Å²) in [6.45, 7) is 8.59. The molecule has 1 heterocycles. The van der Waals surface area contributed by atoms with Crippen molar-refractivity contribution >= 4 is 52.5 Å². The molecule has 0 aliphatic carbocycles. The molecule has 0 fully saturated rings. The molecule has 1 N–H and O–H groups in total. The van der Waals surface area contributed by atoms with Crippen LogP contribution in [0.3, 0.4) is 0 Å². The van der Waals surface area contributed by atoms with Gasteiger partial charge in [0.2, 0.25) is 0 Å². The Morgan fingerprint density at radius 1 is 1.12 bits per heavy atom. The van der Waals surface area contributed by atoms with Crippen molar-refractivity contribution in [3.8, 4) is 0 Å². The predicted octanol–water partition coefficient (Wildman–Crippen LogP) is 7.23. The summed E-state index contributed by atoms with van der Waals surface area (Å²) in [5.74, 6) is 1.43. The summed E-state index contributed by atoms with van der Waals surface area (Å²) in [6.07, 6.45) is 2.48. The van der Waals surface area contributed by atoms with E-state index in [1.165, 1.54) is 0 Å². The lowest BCUT2D eigenvalue weighted by molar-refractivity contribution is 0.0929. The number of hydrogen-bond donors (Lipinski definition) is 1. The third-order valence-electron chi connectivity index (χ3n) is 4.84. The van der Waals surface area contributed by atoms with Crippen LogP contribution in [0.4, 0.5) is 0 Å². The second kappa shape index (κ2) is 11.9. The van der Waals surface area contributed by atoms with Crippen molar-refractivity contribution in [1.82, 2.24) is 20.1 Å². The van der Waals surface area contributed by atoms with E-state index in [4.69, 9.17) is 34.8 Å². The van der Waals surface area contributed by atoms with Crippen LogP contribution in [0.25, 0.3) is 0 Å². The van der Waals surface area contributed by atoms with E-state index in [0.29, 0.717) is 51.1 Å². The van der Waals surface area contributed by atoms with E-state index in [-0.39, 0.29) is 11.9 Å². The monoisotopic (exact) mass is 522 g/mol. The van der Waals surface area contributed by atoms with Crippen molar-refractivity contribution in [2.45, 2.75) is 43.8 Å². The van der Waals surface area contributed by atoms with E-state index >= 15 is 0 Å². The summed E-state index contributed by atoms with van der Waals surface area (Å²) in [5.41, 5.74) is 1.49. The van der Waals surface area contributed by atoms with E-state index in [1.54, 1.807) is 36.0 Å². The lowest BCUT2D eigenvalue weighted by Gasteiger charge is -2.21. The zero-order valence-corrected chi connectivity index (χ0v) is 21.5. The number of carbonyl (C=O) groups is 1. The first-order valence-electron chi connectivity index (χ1n) is 10.5. The van der Waals surface area contributed by atoms with Crippen LogP contribution in [-0.4, -0.2) is 20.7 Å². The van der Waals surface area contributed by atoms with Gasteiger partial charge in [-0.3, -0.25) is 4.79 Å². The molecule has 1 amide bonds. The number of amides is 1. The van der Waals surface area contributed by atoms with Gasteiger partial charge in [-0.15, -0.1) is 16.8 Å². The second-order valence-electron chi connectivity index (χ2n) is 7.93. The van der Waals surface area contributed by atoms with Gasteiger partial charge in [0.05, 0.1) is 16.6 Å². The fraction of sp³-hybridized carbons (Fsp3) is 0.292. The molecule has 5 nitrogen and oxygen atoms in total. The summed E-state index contributed by atoms with van der Waals surface area (Å²) in [6, 6.07) is 12.2. The molecule has 0 spiro atoms. The normalized spacial score (nSPS) is 12.1. The molecule has 0 bridgehead atoms. The number of rotatable bonds is 10. The Hall–Kier alpha value is -1.99. The number of aromatic nitrogens is 3. The maximum Gasteiger partial charge on any atom is 0.253 e. The Balaban J connectivity index is 1.85. The van der Waals surface area contributed by atoms with Gasteiger partial charge in [0.15, 0.2) is 11.0 Å². The van der Waals surface area contributed by atoms with Gasteiger partial charge in [-0.25, -0.2) is 0 Å². The molecular weight excluding hydrogens is 499 g/mol. The van der Waals surface area contributed by atoms with Gasteiger partial charge in [0.25, 0.3) is 5.91 Å². The maximum atomic E-state index is 13.0. The largest absolute Gasteiger partial charge is 0.342 e. The molecule has 0 unspecified atom stereocenters. The average molecular weight is 524 g/mol. The van der Waals surface area contributed by atoms with E-state index < -0.39 is 0 Å². The maximum absolute atomic E-state index is 13.0. The third kappa shape index (κ3) is 7.00. The Morgan fingerprint density at radius 2 is 1.82 bits per heavy atom. The number of thioether (sulfide) groups is 1. The number of carbonyl (C=O) groups excluding carboxylic acids is 1. The summed E-state index contributed by atoms with van der Waals surface area (Å²) >= 11 is 19.8. The zero-order chi connectivity index (χ0) is 24.0. The first kappa shape index (κ1) is 25.6. The average Bonchev–Trinajstić information content (AvgIpc) is 3.15. The van der Waals surface area contributed by atoms with Gasteiger partial charge < -0.3 is 9.88 Å². The molecule has 3 aromatic rings. The van der Waals surface area contributed by atoms with Crippen molar-refractivity contribution in [2.24, 2.45) is 5.92 Å². The lowest BCUT2D eigenvalue weighted by Crippen LogP contribution is -2.32. The van der Waals surface area contributed by atoms with Crippen LogP contribution in [0.5, 0.6) is 0 Å². The number of allylic oxidation sites excluding steroid dienone is 1. The fourth-order valence-corrected chi connectivity index (χ4v) is 4.83. The highest BCUT2D eigenvalue weighted by Crippen LogP contribution is 2.28. The lowest BCUT2D eigenvalue weighted by atomic mass is 10.0. The van der Waals surface area contributed by atoms with Crippen LogP contribution < -0.4 is 5.32 Å². The Bertz CT molecular complexity index is 1120. The zero-order valence-electron chi connectivity index (χ0n) is 18.4. The predicted molar refractivity (Wildman–Crippen MR) is 137 cm³/mol. The van der Waals surface area contributed by atoms with Gasteiger partial charge in [-0.05, 0) is 48.2 Å². The van der Waals surface area contributed by atoms with Crippen molar-refractivity contribution in [1.29, 1.82) is 0 Å². The highest BCUT2D eigenvalue weighted by molar-refractivity contribution is 7.98. The molecule has 0 saturated carbocycles. The standard InChI is InChI=1S/C24H25Cl3N4OS/c1-4-11-31-22(29-30-24(31)33-14-16-5-7-17(25)8-6-16)21(12-15(2)3)28-23(32)19-10-9-18(26)13-20(19)27/h4-10,13,15,21H,1,11-12,14H2,2-3H3,(H,28,32)/t21-/m1/s1. The van der Waals surface area contributed by atoms with Crippen LogP contribution in [0, 0.1) is 5.92 Å². The Morgan fingerprint density at radius 3 is 2.45 bits per heavy atom. The fourth-order valence-electron chi connectivity index (χ4n) is 3.30. The molecule has 3 rings (SSSR count). The third-order valence-corrected chi connectivity index (χ3v) is 6.68. The van der Waals surface area contributed by atoms with Crippen LogP contribution in [0.2, 0.25) is 15.1 Å². The van der Waals surface area contributed by atoms with Gasteiger partial charge in [0.1, 0.15) is 0 Å². The first-order chi connectivity index (χ1) is 15.8. The summed E-state index contributed by atoms with van der Waals surface area (Å²) in [4.78, 5) is 13.0. The number of benzene rings is 2. The van der Waals surface area contributed by atoms with Gasteiger partial charge in [-0.2, -0.15) is 0 Å². The van der Waals surface area contributed by atoms with Crippen LogP contribution in [0.15, 0.2) is 60.3 Å². The van der Waals surface area contributed by atoms with Crippen LogP contribution in [0.1, 0.15) is 48.1 Å². The van der Waals surface area contributed by atoms with E-state index in [2.05, 4.69) is 35.9 Å². The Kier molecular flexibility index (Phi) is 9.27. The summed E-state index contributed by atoms with van der Waals surface area (Å²) in [7, 11) is 0. The molecule has 174 valence electrons. The minimum atomic E-state index is -0.346. The number of nitrogens with zero attached hydrogens (tertiary/aromatic N) is 3. The van der Waals surface area contributed by atoms with Crippen molar-refractivity contribution in [2.75, 3.05) is 0 Å². The van der Waals surface area contributed by atoms with E-state index in [1.807, 2.05) is 28.8 Å². The van der Waals surface area contributed by atoms with Crippen molar-refractivity contribution in [3.63, 3.8) is 0 Å². The molecule has 33 heavy (non-hydrogen) atoms. The topological polar surface area (TPSA) is 59.8 Å². The first-order valence-corrected chi connectivity index (χ1v) is 12.6. The quantitative estimate of drug-likeness (QED) is 0.225. The smallest absolute Gasteiger partial charge is 0.253 e. The van der Waals surface area contributed by atoms with Gasteiger partial charge in [-0.1, -0.05) is 78.6 Å². The Labute approximate surface area is 213 Å².